The van der Waals surface area contributed by atoms with Gasteiger partial charge in [0.05, 0.1) is 12.5 Å². The highest BCUT2D eigenvalue weighted by Gasteiger charge is 2.43. The highest BCUT2D eigenvalue weighted by atomic mass is 32.2. The molecular formula is C20H26N6O4S. The summed E-state index contributed by atoms with van der Waals surface area (Å²) in [5.74, 6) is 1.27. The van der Waals surface area contributed by atoms with Crippen molar-refractivity contribution in [3.63, 3.8) is 0 Å². The summed E-state index contributed by atoms with van der Waals surface area (Å²) in [6.45, 7) is 6.13. The number of nitrogens with zero attached hydrogens (tertiary/aromatic N) is 5. The highest BCUT2D eigenvalue weighted by molar-refractivity contribution is 7.88. The third-order valence-electron chi connectivity index (χ3n) is 5.39. The zero-order valence-electron chi connectivity index (χ0n) is 18.0. The first kappa shape index (κ1) is 21.4. The van der Waals surface area contributed by atoms with Crippen LogP contribution in [0.5, 0.6) is 5.75 Å². The van der Waals surface area contributed by atoms with Crippen molar-refractivity contribution in [3.05, 3.63) is 30.1 Å². The predicted octanol–water partition coefficient (Wildman–Crippen LogP) is 1.85. The molecule has 1 saturated heterocycles. The Morgan fingerprint density at radius 2 is 1.90 bits per heavy atom. The Bertz CT molecular complexity index is 1110. The van der Waals surface area contributed by atoms with Gasteiger partial charge in [-0.05, 0) is 45.7 Å². The number of sulfonamides is 1. The summed E-state index contributed by atoms with van der Waals surface area (Å²) in [5, 5.41) is 3.26. The topological polar surface area (TPSA) is 118 Å². The van der Waals surface area contributed by atoms with Gasteiger partial charge in [0.1, 0.15) is 5.82 Å². The van der Waals surface area contributed by atoms with Crippen LogP contribution in [0.2, 0.25) is 0 Å². The molecule has 0 bridgehead atoms. The van der Waals surface area contributed by atoms with E-state index in [0.717, 1.165) is 5.69 Å². The van der Waals surface area contributed by atoms with Crippen LogP contribution < -0.4 is 15.0 Å². The molecule has 0 unspecified atom stereocenters. The molecule has 31 heavy (non-hydrogen) atoms. The molecule has 4 rings (SSSR count). The van der Waals surface area contributed by atoms with Gasteiger partial charge in [-0.25, -0.2) is 27.6 Å². The zero-order valence-corrected chi connectivity index (χ0v) is 18.8. The number of amides is 1. The monoisotopic (exact) mass is 446 g/mol. The van der Waals surface area contributed by atoms with Gasteiger partial charge in [0.25, 0.3) is 5.91 Å². The van der Waals surface area contributed by atoms with Crippen LogP contribution in [0, 0.1) is 6.92 Å². The molecule has 0 radical (unpaired) electrons. The van der Waals surface area contributed by atoms with E-state index in [-0.39, 0.29) is 11.9 Å². The Balaban J connectivity index is 1.61. The van der Waals surface area contributed by atoms with E-state index in [1.165, 1.54) is 15.5 Å². The van der Waals surface area contributed by atoms with Crippen molar-refractivity contribution >= 4 is 33.5 Å². The Morgan fingerprint density at radius 3 is 2.55 bits per heavy atom. The summed E-state index contributed by atoms with van der Waals surface area (Å²) in [6.07, 6.45) is 4.05. The van der Waals surface area contributed by atoms with Crippen LogP contribution in [0.15, 0.2) is 24.4 Å². The van der Waals surface area contributed by atoms with E-state index in [2.05, 4.69) is 20.3 Å². The molecule has 10 nitrogen and oxygen atoms in total. The third kappa shape index (κ3) is 4.33. The molecule has 1 N–H and O–H groups in total. The van der Waals surface area contributed by atoms with Crippen LogP contribution >= 0.6 is 0 Å². The Labute approximate surface area is 181 Å². The van der Waals surface area contributed by atoms with E-state index >= 15 is 0 Å². The van der Waals surface area contributed by atoms with E-state index in [0.29, 0.717) is 49.3 Å². The fraction of sp³-hybridized carbons (Fsp3) is 0.500. The number of carbonyl (C=O) groups excluding carboxylic acids is 1. The average molecular weight is 447 g/mol. The van der Waals surface area contributed by atoms with Gasteiger partial charge in [0.2, 0.25) is 16.0 Å². The standard InChI is InChI=1S/C20H26N6O4S/c1-13-6-5-7-16(22-13)26-17-15(30-20(2,3)18(26)27)12-21-19(24-17)23-14-8-10-25(11-9-14)31(4,28)29/h5-7,12,14H,8-11H2,1-4H3,(H,21,23,24). The lowest BCUT2D eigenvalue weighted by Crippen LogP contribution is -2.51. The molecule has 2 aromatic heterocycles. The predicted molar refractivity (Wildman–Crippen MR) is 116 cm³/mol. The van der Waals surface area contributed by atoms with Gasteiger partial charge in [0, 0.05) is 24.8 Å². The lowest BCUT2D eigenvalue weighted by Gasteiger charge is -2.37. The van der Waals surface area contributed by atoms with Gasteiger partial charge in [-0.1, -0.05) is 6.07 Å². The molecule has 2 aromatic rings. The maximum absolute atomic E-state index is 13.2. The molecule has 1 amide bonds. The fourth-order valence-electron chi connectivity index (χ4n) is 3.73. The number of nitrogens with one attached hydrogen (secondary N) is 1. The second-order valence-electron chi connectivity index (χ2n) is 8.35. The number of piperidine rings is 1. The van der Waals surface area contributed by atoms with Crippen molar-refractivity contribution in [2.24, 2.45) is 0 Å². The number of aryl methyl sites for hydroxylation is 1. The molecule has 2 aliphatic heterocycles. The summed E-state index contributed by atoms with van der Waals surface area (Å²) in [7, 11) is -3.19. The lowest BCUT2D eigenvalue weighted by atomic mass is 10.1. The first-order valence-corrected chi connectivity index (χ1v) is 12.0. The smallest absolute Gasteiger partial charge is 0.277 e. The number of anilines is 3. The van der Waals surface area contributed by atoms with E-state index in [1.807, 2.05) is 19.1 Å². The Hall–Kier alpha value is -2.79. The Morgan fingerprint density at radius 1 is 1.19 bits per heavy atom. The first-order chi connectivity index (χ1) is 14.5. The average Bonchev–Trinajstić information content (AvgIpc) is 2.69. The molecular weight excluding hydrogens is 420 g/mol. The van der Waals surface area contributed by atoms with Gasteiger partial charge in [-0.15, -0.1) is 0 Å². The number of hydrogen-bond acceptors (Lipinski definition) is 8. The molecule has 0 saturated carbocycles. The molecule has 0 atom stereocenters. The van der Waals surface area contributed by atoms with Gasteiger partial charge >= 0.3 is 0 Å². The molecule has 166 valence electrons. The Kier molecular flexibility index (Phi) is 5.34. The normalized spacial score (nSPS) is 19.6. The maximum atomic E-state index is 13.2. The van der Waals surface area contributed by atoms with Crippen molar-refractivity contribution in [1.82, 2.24) is 19.3 Å². The van der Waals surface area contributed by atoms with Crippen LogP contribution in [0.4, 0.5) is 17.6 Å². The van der Waals surface area contributed by atoms with Crippen molar-refractivity contribution < 1.29 is 17.9 Å². The van der Waals surface area contributed by atoms with E-state index in [4.69, 9.17) is 4.74 Å². The number of ether oxygens (including phenoxy) is 1. The van der Waals surface area contributed by atoms with Crippen molar-refractivity contribution in [2.45, 2.75) is 45.3 Å². The number of fused-ring (bicyclic) bond motifs is 1. The van der Waals surface area contributed by atoms with Crippen molar-refractivity contribution in [3.8, 4) is 5.75 Å². The van der Waals surface area contributed by atoms with E-state index < -0.39 is 15.6 Å². The van der Waals surface area contributed by atoms with Gasteiger partial charge in [-0.3, -0.25) is 4.79 Å². The summed E-state index contributed by atoms with van der Waals surface area (Å²) < 4.78 is 30.8. The zero-order chi connectivity index (χ0) is 22.4. The summed E-state index contributed by atoms with van der Waals surface area (Å²) >= 11 is 0. The number of rotatable bonds is 4. The molecule has 0 spiro atoms. The van der Waals surface area contributed by atoms with Crippen molar-refractivity contribution in [2.75, 3.05) is 29.6 Å². The molecule has 4 heterocycles. The van der Waals surface area contributed by atoms with E-state index in [9.17, 15) is 13.2 Å². The SMILES string of the molecule is Cc1cccc(N2C(=O)C(C)(C)Oc3cnc(NC4CCN(S(C)(=O)=O)CC4)nc32)n1. The van der Waals surface area contributed by atoms with Crippen LogP contribution in [-0.4, -0.2) is 64.6 Å². The van der Waals surface area contributed by atoms with Gasteiger partial charge in [-0.2, -0.15) is 4.98 Å². The van der Waals surface area contributed by atoms with Crippen LogP contribution in [-0.2, 0) is 14.8 Å². The summed E-state index contributed by atoms with van der Waals surface area (Å²) in [5.41, 5.74) is -0.309. The minimum Gasteiger partial charge on any atom is -0.472 e. The lowest BCUT2D eigenvalue weighted by molar-refractivity contribution is -0.131. The quantitative estimate of drug-likeness (QED) is 0.756. The van der Waals surface area contributed by atoms with Gasteiger partial charge < -0.3 is 10.1 Å². The largest absolute Gasteiger partial charge is 0.472 e. The number of pyridine rings is 1. The molecule has 0 aliphatic carbocycles. The number of carbonyl (C=O) groups is 1. The summed E-state index contributed by atoms with van der Waals surface area (Å²) in [4.78, 5) is 28.0. The minimum absolute atomic E-state index is 0.0262. The fourth-order valence-corrected chi connectivity index (χ4v) is 4.60. The number of hydrogen-bond donors (Lipinski definition) is 1. The van der Waals surface area contributed by atoms with Crippen LogP contribution in [0.3, 0.4) is 0 Å². The van der Waals surface area contributed by atoms with Gasteiger partial charge in [0.15, 0.2) is 17.2 Å². The first-order valence-electron chi connectivity index (χ1n) is 10.1. The molecule has 1 fully saturated rings. The molecule has 0 aromatic carbocycles. The molecule has 11 heteroatoms. The summed E-state index contributed by atoms with van der Waals surface area (Å²) in [6, 6.07) is 5.48. The van der Waals surface area contributed by atoms with Crippen LogP contribution in [0.25, 0.3) is 0 Å². The maximum Gasteiger partial charge on any atom is 0.277 e. The minimum atomic E-state index is -3.19. The van der Waals surface area contributed by atoms with Crippen LogP contribution in [0.1, 0.15) is 32.4 Å². The molecule has 2 aliphatic rings. The second kappa shape index (κ2) is 7.72. The third-order valence-corrected chi connectivity index (χ3v) is 6.69. The number of aromatic nitrogens is 3. The second-order valence-corrected chi connectivity index (χ2v) is 10.3. The highest BCUT2D eigenvalue weighted by Crippen LogP contribution is 2.40. The van der Waals surface area contributed by atoms with E-state index in [1.54, 1.807) is 26.1 Å². The van der Waals surface area contributed by atoms with Crippen molar-refractivity contribution in [1.29, 1.82) is 0 Å².